The number of hydrogen-bond acceptors (Lipinski definition) is 6. The van der Waals surface area contributed by atoms with Gasteiger partial charge < -0.3 is 15.6 Å². The first kappa shape index (κ1) is 10.9. The first-order valence-electron chi connectivity index (χ1n) is 4.59. The molecule has 2 rings (SSSR count). The van der Waals surface area contributed by atoms with Gasteiger partial charge in [0.1, 0.15) is 12.0 Å². The van der Waals surface area contributed by atoms with Crippen LogP contribution in [-0.4, -0.2) is 30.8 Å². The standard InChI is InChI=1S/C9H9N5O3/c1-14-4-12-9(13-14)17-7-6(10)5(8(15)16)2-3-11-7/h2-4H,10H2,1H3,(H,15,16). The van der Waals surface area contributed by atoms with Crippen molar-refractivity contribution in [3.8, 4) is 11.9 Å². The maximum atomic E-state index is 10.8. The van der Waals surface area contributed by atoms with Crippen LogP contribution in [0.1, 0.15) is 10.4 Å². The van der Waals surface area contributed by atoms with E-state index in [2.05, 4.69) is 15.1 Å². The van der Waals surface area contributed by atoms with Crippen molar-refractivity contribution in [2.45, 2.75) is 0 Å². The number of carboxylic acids is 1. The van der Waals surface area contributed by atoms with E-state index in [1.165, 1.54) is 23.3 Å². The third kappa shape index (κ3) is 2.14. The summed E-state index contributed by atoms with van der Waals surface area (Å²) in [6.07, 6.45) is 2.73. The van der Waals surface area contributed by atoms with Crippen LogP contribution in [0.4, 0.5) is 5.69 Å². The molecule has 8 heteroatoms. The highest BCUT2D eigenvalue weighted by Gasteiger charge is 2.15. The molecule has 0 saturated heterocycles. The van der Waals surface area contributed by atoms with Crippen LogP contribution in [0, 0.1) is 0 Å². The van der Waals surface area contributed by atoms with Gasteiger partial charge in [0.25, 0.3) is 0 Å². The van der Waals surface area contributed by atoms with Crippen molar-refractivity contribution in [3.63, 3.8) is 0 Å². The Kier molecular flexibility index (Phi) is 2.61. The average molecular weight is 235 g/mol. The molecule has 0 amide bonds. The van der Waals surface area contributed by atoms with E-state index in [-0.39, 0.29) is 23.1 Å². The fourth-order valence-corrected chi connectivity index (χ4v) is 1.17. The van der Waals surface area contributed by atoms with Gasteiger partial charge in [-0.25, -0.2) is 9.78 Å². The quantitative estimate of drug-likeness (QED) is 0.784. The van der Waals surface area contributed by atoms with Gasteiger partial charge in [-0.1, -0.05) is 0 Å². The Morgan fingerprint density at radius 1 is 1.53 bits per heavy atom. The summed E-state index contributed by atoms with van der Waals surface area (Å²) in [5.74, 6) is -1.18. The number of aromatic carboxylic acids is 1. The van der Waals surface area contributed by atoms with E-state index in [0.717, 1.165) is 0 Å². The molecule has 88 valence electrons. The summed E-state index contributed by atoms with van der Waals surface area (Å²) in [6.45, 7) is 0. The number of rotatable bonds is 3. The first-order valence-corrected chi connectivity index (χ1v) is 4.59. The minimum absolute atomic E-state index is 0.0314. The van der Waals surface area contributed by atoms with Crippen molar-refractivity contribution in [2.75, 3.05) is 5.73 Å². The fraction of sp³-hybridized carbons (Fsp3) is 0.111. The predicted octanol–water partition coefficient (Wildman–Crippen LogP) is 0.283. The molecule has 0 atom stereocenters. The molecule has 17 heavy (non-hydrogen) atoms. The molecule has 3 N–H and O–H groups in total. The molecule has 0 aliphatic carbocycles. The highest BCUT2D eigenvalue weighted by atomic mass is 16.5. The summed E-state index contributed by atoms with van der Waals surface area (Å²) >= 11 is 0. The first-order chi connectivity index (χ1) is 8.08. The Balaban J connectivity index is 2.33. The lowest BCUT2D eigenvalue weighted by Crippen LogP contribution is -2.05. The number of aromatic nitrogens is 4. The topological polar surface area (TPSA) is 116 Å². The van der Waals surface area contributed by atoms with E-state index in [1.54, 1.807) is 7.05 Å². The molecule has 2 aromatic heterocycles. The number of nitrogens with two attached hydrogens (primary N) is 1. The Morgan fingerprint density at radius 2 is 2.29 bits per heavy atom. The number of carboxylic acid groups (broad SMARTS) is 1. The van der Waals surface area contributed by atoms with Gasteiger partial charge in [-0.05, 0) is 6.07 Å². The van der Waals surface area contributed by atoms with Crippen molar-refractivity contribution in [3.05, 3.63) is 24.2 Å². The minimum atomic E-state index is -1.15. The third-order valence-corrected chi connectivity index (χ3v) is 1.95. The number of pyridine rings is 1. The molecular formula is C9H9N5O3. The monoisotopic (exact) mass is 235 g/mol. The van der Waals surface area contributed by atoms with Crippen LogP contribution in [0.5, 0.6) is 11.9 Å². The smallest absolute Gasteiger partial charge is 0.342 e. The van der Waals surface area contributed by atoms with Crippen molar-refractivity contribution >= 4 is 11.7 Å². The number of nitrogen functional groups attached to an aromatic ring is 1. The Morgan fingerprint density at radius 3 is 2.88 bits per heavy atom. The lowest BCUT2D eigenvalue weighted by molar-refractivity contribution is 0.0697. The van der Waals surface area contributed by atoms with E-state index in [0.29, 0.717) is 0 Å². The number of anilines is 1. The lowest BCUT2D eigenvalue weighted by Gasteiger charge is -2.05. The van der Waals surface area contributed by atoms with Gasteiger partial charge >= 0.3 is 12.0 Å². The zero-order valence-corrected chi connectivity index (χ0v) is 8.86. The molecule has 0 saturated carbocycles. The van der Waals surface area contributed by atoms with E-state index >= 15 is 0 Å². The average Bonchev–Trinajstić information content (AvgIpc) is 2.67. The second kappa shape index (κ2) is 4.08. The molecule has 8 nitrogen and oxygen atoms in total. The number of hydrogen-bond donors (Lipinski definition) is 2. The summed E-state index contributed by atoms with van der Waals surface area (Å²) in [5.41, 5.74) is 5.47. The number of ether oxygens (including phenoxy) is 1. The molecular weight excluding hydrogens is 226 g/mol. The number of carbonyl (C=O) groups is 1. The molecule has 0 fully saturated rings. The largest absolute Gasteiger partial charge is 0.478 e. The summed E-state index contributed by atoms with van der Waals surface area (Å²) in [5, 5.41) is 12.7. The van der Waals surface area contributed by atoms with Gasteiger partial charge in [0.05, 0.1) is 5.56 Å². The molecule has 0 aliphatic heterocycles. The van der Waals surface area contributed by atoms with Crippen molar-refractivity contribution < 1.29 is 14.6 Å². The Bertz CT molecular complexity index is 566. The van der Waals surface area contributed by atoms with Gasteiger partial charge in [0.15, 0.2) is 0 Å². The van der Waals surface area contributed by atoms with Gasteiger partial charge in [0.2, 0.25) is 5.88 Å². The van der Waals surface area contributed by atoms with Gasteiger partial charge in [-0.15, -0.1) is 5.10 Å². The molecule has 0 spiro atoms. The van der Waals surface area contributed by atoms with Crippen LogP contribution >= 0.6 is 0 Å². The molecule has 0 aliphatic rings. The highest BCUT2D eigenvalue weighted by molar-refractivity contribution is 5.94. The van der Waals surface area contributed by atoms with Crippen LogP contribution < -0.4 is 10.5 Å². The summed E-state index contributed by atoms with van der Waals surface area (Å²) in [7, 11) is 1.67. The van der Waals surface area contributed by atoms with Crippen molar-refractivity contribution in [1.29, 1.82) is 0 Å². The summed E-state index contributed by atoms with van der Waals surface area (Å²) in [4.78, 5) is 18.5. The molecule has 0 bridgehead atoms. The number of nitrogens with zero attached hydrogens (tertiary/aromatic N) is 4. The number of aryl methyl sites for hydroxylation is 1. The third-order valence-electron chi connectivity index (χ3n) is 1.95. The maximum Gasteiger partial charge on any atom is 0.342 e. The zero-order valence-electron chi connectivity index (χ0n) is 8.86. The molecule has 0 radical (unpaired) electrons. The van der Waals surface area contributed by atoms with E-state index in [9.17, 15) is 4.79 Å². The zero-order chi connectivity index (χ0) is 12.4. The minimum Gasteiger partial charge on any atom is -0.478 e. The van der Waals surface area contributed by atoms with Gasteiger partial charge in [-0.3, -0.25) is 4.68 Å². The molecule has 2 aromatic rings. The Hall–Kier alpha value is -2.64. The van der Waals surface area contributed by atoms with Crippen LogP contribution in [0.3, 0.4) is 0 Å². The molecule has 2 heterocycles. The SMILES string of the molecule is Cn1cnc(Oc2nccc(C(=O)O)c2N)n1. The van der Waals surface area contributed by atoms with E-state index in [4.69, 9.17) is 15.6 Å². The second-order valence-corrected chi connectivity index (χ2v) is 3.19. The van der Waals surface area contributed by atoms with Gasteiger partial charge in [0, 0.05) is 13.2 Å². The maximum absolute atomic E-state index is 10.8. The van der Waals surface area contributed by atoms with Gasteiger partial charge in [-0.2, -0.15) is 4.98 Å². The Labute approximate surface area is 95.7 Å². The van der Waals surface area contributed by atoms with Crippen LogP contribution in [0.25, 0.3) is 0 Å². The van der Waals surface area contributed by atoms with Crippen molar-refractivity contribution in [1.82, 2.24) is 19.7 Å². The van der Waals surface area contributed by atoms with Crippen LogP contribution in [-0.2, 0) is 7.05 Å². The predicted molar refractivity (Wildman–Crippen MR) is 56.7 cm³/mol. The highest BCUT2D eigenvalue weighted by Crippen LogP contribution is 2.25. The lowest BCUT2D eigenvalue weighted by atomic mass is 10.2. The molecule has 0 unspecified atom stereocenters. The van der Waals surface area contributed by atoms with E-state index < -0.39 is 5.97 Å². The summed E-state index contributed by atoms with van der Waals surface area (Å²) in [6, 6.07) is 1.34. The molecule has 0 aromatic carbocycles. The van der Waals surface area contributed by atoms with E-state index in [1.807, 2.05) is 0 Å². The van der Waals surface area contributed by atoms with Crippen LogP contribution in [0.2, 0.25) is 0 Å². The van der Waals surface area contributed by atoms with Crippen LogP contribution in [0.15, 0.2) is 18.6 Å². The summed E-state index contributed by atoms with van der Waals surface area (Å²) < 4.78 is 6.62. The van der Waals surface area contributed by atoms with Crippen molar-refractivity contribution in [2.24, 2.45) is 7.05 Å². The second-order valence-electron chi connectivity index (χ2n) is 3.19. The fourth-order valence-electron chi connectivity index (χ4n) is 1.17. The normalized spacial score (nSPS) is 10.2.